The number of ether oxygens (including phenoxy) is 1. The maximum absolute atomic E-state index is 12.3. The Morgan fingerprint density at radius 3 is 2.28 bits per heavy atom. The van der Waals surface area contributed by atoms with E-state index in [0.29, 0.717) is 24.8 Å². The van der Waals surface area contributed by atoms with Crippen LogP contribution in [0.4, 0.5) is 0 Å². The Labute approximate surface area is 176 Å². The number of aryl methyl sites for hydroxylation is 1. The zero-order chi connectivity index (χ0) is 20.6. The van der Waals surface area contributed by atoms with Gasteiger partial charge in [-0.3, -0.25) is 14.5 Å². The summed E-state index contributed by atoms with van der Waals surface area (Å²) in [6.07, 6.45) is 0. The van der Waals surface area contributed by atoms with E-state index in [1.54, 1.807) is 12.1 Å². The van der Waals surface area contributed by atoms with Gasteiger partial charge in [-0.05, 0) is 30.2 Å². The first-order valence-electron chi connectivity index (χ1n) is 9.72. The quantitative estimate of drug-likeness (QED) is 0.711. The average molecular weight is 416 g/mol. The third-order valence-corrected chi connectivity index (χ3v) is 5.23. The molecule has 3 rings (SSSR count). The summed E-state index contributed by atoms with van der Waals surface area (Å²) in [5.74, 6) is -1.28. The fourth-order valence-corrected chi connectivity index (χ4v) is 3.40. The third-order valence-electron chi connectivity index (χ3n) is 4.98. The number of halogens is 1. The molecule has 0 aliphatic carbocycles. The molecule has 1 saturated heterocycles. The molecular formula is C22H26ClN3O3. The highest BCUT2D eigenvalue weighted by molar-refractivity contribution is 6.35. The lowest BCUT2D eigenvalue weighted by atomic mass is 10.0. The molecule has 1 aliphatic rings. The molecule has 0 aromatic heterocycles. The van der Waals surface area contributed by atoms with Crippen LogP contribution in [-0.4, -0.2) is 49.6 Å². The van der Waals surface area contributed by atoms with E-state index in [4.69, 9.17) is 16.3 Å². The van der Waals surface area contributed by atoms with Crippen molar-refractivity contribution in [1.29, 1.82) is 0 Å². The number of carbonyl (C=O) groups excluding carboxylic acids is 2. The summed E-state index contributed by atoms with van der Waals surface area (Å²) in [5.41, 5.74) is 3.17. The van der Waals surface area contributed by atoms with Gasteiger partial charge in [0.25, 0.3) is 0 Å². The van der Waals surface area contributed by atoms with E-state index in [-0.39, 0.29) is 12.6 Å². The van der Waals surface area contributed by atoms with Gasteiger partial charge in [0.2, 0.25) is 0 Å². The van der Waals surface area contributed by atoms with Crippen molar-refractivity contribution in [3.05, 3.63) is 70.2 Å². The van der Waals surface area contributed by atoms with Crippen molar-refractivity contribution in [2.45, 2.75) is 19.5 Å². The second-order valence-electron chi connectivity index (χ2n) is 7.09. The highest BCUT2D eigenvalue weighted by Crippen LogP contribution is 2.21. The molecule has 0 spiro atoms. The molecular weight excluding hydrogens is 390 g/mol. The van der Waals surface area contributed by atoms with E-state index in [1.807, 2.05) is 19.1 Å². The molecule has 2 amide bonds. The van der Waals surface area contributed by atoms with Gasteiger partial charge in [0.15, 0.2) is 0 Å². The first-order valence-corrected chi connectivity index (χ1v) is 10.1. The number of morpholine rings is 1. The SMILES string of the molecule is Cc1ccc([C@@H](CNC(=O)C(=O)NCc2ccc(Cl)cc2)N2CCOCC2)cc1. The minimum Gasteiger partial charge on any atom is -0.379 e. The predicted molar refractivity (Wildman–Crippen MR) is 113 cm³/mol. The molecule has 1 fully saturated rings. The summed E-state index contributed by atoms with van der Waals surface area (Å²) in [6.45, 7) is 5.58. The number of rotatable bonds is 6. The lowest BCUT2D eigenvalue weighted by molar-refractivity contribution is -0.139. The first kappa shape index (κ1) is 21.3. The molecule has 2 aromatic carbocycles. The van der Waals surface area contributed by atoms with Crippen LogP contribution in [0.3, 0.4) is 0 Å². The predicted octanol–water partition coefficient (Wildman–Crippen LogP) is 2.45. The van der Waals surface area contributed by atoms with Gasteiger partial charge in [0.1, 0.15) is 0 Å². The summed E-state index contributed by atoms with van der Waals surface area (Å²) in [4.78, 5) is 26.8. The van der Waals surface area contributed by atoms with Gasteiger partial charge in [-0.2, -0.15) is 0 Å². The van der Waals surface area contributed by atoms with Crippen LogP contribution in [0, 0.1) is 6.92 Å². The summed E-state index contributed by atoms with van der Waals surface area (Å²) in [7, 11) is 0. The Kier molecular flexibility index (Phi) is 7.63. The molecule has 0 saturated carbocycles. The largest absolute Gasteiger partial charge is 0.379 e. The minimum atomic E-state index is -0.649. The van der Waals surface area contributed by atoms with Crippen LogP contribution in [0.2, 0.25) is 5.02 Å². The average Bonchev–Trinajstić information content (AvgIpc) is 2.75. The number of hydrogen-bond acceptors (Lipinski definition) is 4. The van der Waals surface area contributed by atoms with Crippen molar-refractivity contribution in [2.75, 3.05) is 32.8 Å². The molecule has 1 aliphatic heterocycles. The monoisotopic (exact) mass is 415 g/mol. The Morgan fingerprint density at radius 1 is 1.00 bits per heavy atom. The Hall–Kier alpha value is -2.41. The van der Waals surface area contributed by atoms with Crippen LogP contribution in [0.1, 0.15) is 22.7 Å². The summed E-state index contributed by atoms with van der Waals surface area (Å²) >= 11 is 5.86. The van der Waals surface area contributed by atoms with Gasteiger partial charge in [-0.25, -0.2) is 0 Å². The smallest absolute Gasteiger partial charge is 0.309 e. The van der Waals surface area contributed by atoms with Crippen molar-refractivity contribution in [1.82, 2.24) is 15.5 Å². The van der Waals surface area contributed by atoms with Gasteiger partial charge in [0.05, 0.1) is 19.3 Å². The number of benzene rings is 2. The second kappa shape index (κ2) is 10.4. The van der Waals surface area contributed by atoms with Crippen LogP contribution >= 0.6 is 11.6 Å². The summed E-state index contributed by atoms with van der Waals surface area (Å²) in [5, 5.41) is 6.05. The number of amides is 2. The van der Waals surface area contributed by atoms with Gasteiger partial charge in [0, 0.05) is 31.2 Å². The van der Waals surface area contributed by atoms with Crippen molar-refractivity contribution >= 4 is 23.4 Å². The number of hydrogen-bond donors (Lipinski definition) is 2. The van der Waals surface area contributed by atoms with Crippen molar-refractivity contribution in [3.63, 3.8) is 0 Å². The van der Waals surface area contributed by atoms with Gasteiger partial charge in [-0.15, -0.1) is 0 Å². The maximum Gasteiger partial charge on any atom is 0.309 e. The van der Waals surface area contributed by atoms with Gasteiger partial charge in [-0.1, -0.05) is 53.6 Å². The summed E-state index contributed by atoms with van der Waals surface area (Å²) < 4.78 is 5.45. The van der Waals surface area contributed by atoms with Crippen molar-refractivity contribution in [2.24, 2.45) is 0 Å². The Bertz CT molecular complexity index is 818. The van der Waals surface area contributed by atoms with Crippen LogP contribution in [0.25, 0.3) is 0 Å². The van der Waals surface area contributed by atoms with Gasteiger partial charge >= 0.3 is 11.8 Å². The van der Waals surface area contributed by atoms with E-state index >= 15 is 0 Å². The molecule has 29 heavy (non-hydrogen) atoms. The molecule has 0 radical (unpaired) electrons. The minimum absolute atomic E-state index is 0.00693. The van der Waals surface area contributed by atoms with Crippen molar-refractivity contribution < 1.29 is 14.3 Å². The third kappa shape index (κ3) is 6.29. The second-order valence-corrected chi connectivity index (χ2v) is 7.53. The lowest BCUT2D eigenvalue weighted by Gasteiger charge is -2.35. The summed E-state index contributed by atoms with van der Waals surface area (Å²) in [6, 6.07) is 15.4. The molecule has 7 heteroatoms. The van der Waals surface area contributed by atoms with Crippen LogP contribution in [0.5, 0.6) is 0 Å². The van der Waals surface area contributed by atoms with Crippen LogP contribution < -0.4 is 10.6 Å². The van der Waals surface area contributed by atoms with E-state index in [9.17, 15) is 9.59 Å². The maximum atomic E-state index is 12.3. The van der Waals surface area contributed by atoms with Crippen LogP contribution in [-0.2, 0) is 20.9 Å². The molecule has 1 atom stereocenters. The van der Waals surface area contributed by atoms with Crippen LogP contribution in [0.15, 0.2) is 48.5 Å². The topological polar surface area (TPSA) is 70.7 Å². The molecule has 6 nitrogen and oxygen atoms in total. The van der Waals surface area contributed by atoms with Gasteiger partial charge < -0.3 is 15.4 Å². The highest BCUT2D eigenvalue weighted by Gasteiger charge is 2.24. The molecule has 2 N–H and O–H groups in total. The van der Waals surface area contributed by atoms with E-state index < -0.39 is 11.8 Å². The zero-order valence-corrected chi connectivity index (χ0v) is 17.2. The molecule has 2 aromatic rings. The van der Waals surface area contributed by atoms with Crippen molar-refractivity contribution in [3.8, 4) is 0 Å². The van der Waals surface area contributed by atoms with E-state index in [0.717, 1.165) is 24.2 Å². The fraction of sp³-hybridized carbons (Fsp3) is 0.364. The number of nitrogens with one attached hydrogen (secondary N) is 2. The molecule has 154 valence electrons. The first-order chi connectivity index (χ1) is 14.0. The fourth-order valence-electron chi connectivity index (χ4n) is 3.27. The molecule has 1 heterocycles. The highest BCUT2D eigenvalue weighted by atomic mass is 35.5. The zero-order valence-electron chi connectivity index (χ0n) is 16.5. The normalized spacial score (nSPS) is 15.5. The molecule has 0 unspecified atom stereocenters. The Balaban J connectivity index is 1.57. The standard InChI is InChI=1S/C22H26ClN3O3/c1-16-2-6-18(7-3-16)20(26-10-12-29-13-11-26)15-25-22(28)21(27)24-14-17-4-8-19(23)9-5-17/h2-9,20H,10-15H2,1H3,(H,24,27)(H,25,28)/t20-/m1/s1. The van der Waals surface area contributed by atoms with E-state index in [2.05, 4.69) is 39.8 Å². The molecule has 0 bridgehead atoms. The number of carbonyl (C=O) groups is 2. The lowest BCUT2D eigenvalue weighted by Crippen LogP contribution is -2.46. The van der Waals surface area contributed by atoms with E-state index in [1.165, 1.54) is 5.56 Å². The Morgan fingerprint density at radius 2 is 1.62 bits per heavy atom. The number of nitrogens with zero attached hydrogens (tertiary/aromatic N) is 1.